The van der Waals surface area contributed by atoms with Crippen molar-refractivity contribution in [3.8, 4) is 23.0 Å². The number of ether oxygens (including phenoxy) is 3. The molecule has 2 rings (SSSR count). The van der Waals surface area contributed by atoms with E-state index in [9.17, 15) is 24.6 Å². The van der Waals surface area contributed by atoms with Crippen molar-refractivity contribution in [2.45, 2.75) is 12.3 Å². The molecule has 0 fully saturated rings. The first-order chi connectivity index (χ1) is 13.2. The van der Waals surface area contributed by atoms with Gasteiger partial charge in [-0.25, -0.2) is 4.79 Å². The predicted octanol–water partition coefficient (Wildman–Crippen LogP) is 0.597. The summed E-state index contributed by atoms with van der Waals surface area (Å²) in [5.41, 5.74) is 4.32. The number of hydrogen-bond acceptors (Lipinski definition) is 8. The number of carbonyl (C=O) groups is 2. The lowest BCUT2D eigenvalue weighted by atomic mass is 9.87. The number of H-pyrrole nitrogens is 1. The van der Waals surface area contributed by atoms with E-state index >= 15 is 0 Å². The molecule has 1 aromatic heterocycles. The molecule has 10 heteroatoms. The Balaban J connectivity index is 2.78. The van der Waals surface area contributed by atoms with Gasteiger partial charge in [0, 0.05) is 18.5 Å². The lowest BCUT2D eigenvalue weighted by molar-refractivity contribution is -0.118. The highest BCUT2D eigenvalue weighted by atomic mass is 16.5. The lowest BCUT2D eigenvalue weighted by Crippen LogP contribution is -2.24. The maximum Gasteiger partial charge on any atom is 0.343 e. The summed E-state index contributed by atoms with van der Waals surface area (Å²) < 4.78 is 14.8. The van der Waals surface area contributed by atoms with Crippen LogP contribution in [0.2, 0.25) is 0 Å². The van der Waals surface area contributed by atoms with E-state index in [0.717, 1.165) is 13.3 Å². The highest BCUT2D eigenvalue weighted by Gasteiger charge is 2.29. The van der Waals surface area contributed by atoms with E-state index in [4.69, 9.17) is 15.2 Å². The predicted molar refractivity (Wildman–Crippen MR) is 96.9 cm³/mol. The van der Waals surface area contributed by atoms with Crippen molar-refractivity contribution in [2.75, 3.05) is 21.3 Å². The van der Waals surface area contributed by atoms with Gasteiger partial charge in [-0.1, -0.05) is 0 Å². The van der Waals surface area contributed by atoms with Crippen LogP contribution in [0, 0.1) is 0 Å². The minimum absolute atomic E-state index is 0.0175. The number of phenolic OH excluding ortho intramolecular Hbond substituents is 1. The van der Waals surface area contributed by atoms with Crippen LogP contribution in [0.25, 0.3) is 0 Å². The van der Waals surface area contributed by atoms with Crippen LogP contribution in [0.5, 0.6) is 23.0 Å². The summed E-state index contributed by atoms with van der Waals surface area (Å²) >= 11 is 0. The molecule has 0 saturated heterocycles. The number of aromatic nitrogens is 1. The van der Waals surface area contributed by atoms with Gasteiger partial charge >= 0.3 is 5.97 Å². The Kier molecular flexibility index (Phi) is 6.14. The number of esters is 1. The molecule has 1 unspecified atom stereocenters. The van der Waals surface area contributed by atoms with E-state index in [2.05, 4.69) is 9.72 Å². The number of hydrogen-bond donors (Lipinski definition) is 4. The number of aromatic hydroxyl groups is 2. The zero-order chi connectivity index (χ0) is 21.0. The zero-order valence-corrected chi connectivity index (χ0v) is 15.4. The third kappa shape index (κ3) is 3.85. The Hall–Kier alpha value is -3.69. The number of pyridine rings is 1. The molecule has 5 N–H and O–H groups in total. The van der Waals surface area contributed by atoms with Crippen LogP contribution in [0.3, 0.4) is 0 Å². The SMILES string of the molecule is COC(=O)c1c[nH]c(=O)c(C(CC(N)=O)c2cc(OC)c(O)c(OC)c2)c1O. The van der Waals surface area contributed by atoms with Crippen molar-refractivity contribution in [1.82, 2.24) is 4.98 Å². The molecule has 0 saturated carbocycles. The number of rotatable bonds is 7. The van der Waals surface area contributed by atoms with Gasteiger partial charge in [0.05, 0.1) is 26.9 Å². The fourth-order valence-corrected chi connectivity index (χ4v) is 2.83. The molecule has 0 spiro atoms. The number of aromatic amines is 1. The largest absolute Gasteiger partial charge is 0.506 e. The molecular formula is C18H20N2O8. The third-order valence-corrected chi connectivity index (χ3v) is 4.17. The molecular weight excluding hydrogens is 372 g/mol. The Morgan fingerprint density at radius 2 is 1.68 bits per heavy atom. The molecule has 2 aromatic rings. The van der Waals surface area contributed by atoms with E-state index in [1.807, 2.05) is 0 Å². The first-order valence-corrected chi connectivity index (χ1v) is 8.01. The maximum absolute atomic E-state index is 12.4. The van der Waals surface area contributed by atoms with E-state index in [-0.39, 0.29) is 40.4 Å². The number of nitrogens with two attached hydrogens (primary N) is 1. The lowest BCUT2D eigenvalue weighted by Gasteiger charge is -2.20. The van der Waals surface area contributed by atoms with E-state index in [0.29, 0.717) is 0 Å². The van der Waals surface area contributed by atoms with Crippen molar-refractivity contribution < 1.29 is 34.0 Å². The number of amides is 1. The first kappa shape index (κ1) is 20.6. The molecule has 0 aliphatic heterocycles. The van der Waals surface area contributed by atoms with Gasteiger partial charge in [0.1, 0.15) is 11.3 Å². The summed E-state index contributed by atoms with van der Waals surface area (Å²) in [5.74, 6) is -3.60. The van der Waals surface area contributed by atoms with Crippen LogP contribution < -0.4 is 20.8 Å². The molecule has 0 radical (unpaired) electrons. The summed E-state index contributed by atoms with van der Waals surface area (Å²) in [6.45, 7) is 0. The maximum atomic E-state index is 12.4. The number of phenols is 1. The van der Waals surface area contributed by atoms with Gasteiger partial charge in [-0.05, 0) is 17.7 Å². The number of primary amides is 1. The molecule has 1 heterocycles. The summed E-state index contributed by atoms with van der Waals surface area (Å²) in [6.07, 6.45) is 0.630. The second-order valence-corrected chi connectivity index (χ2v) is 5.78. The van der Waals surface area contributed by atoms with E-state index in [1.54, 1.807) is 0 Å². The van der Waals surface area contributed by atoms with Gasteiger partial charge in [0.2, 0.25) is 11.7 Å². The summed E-state index contributed by atoms with van der Waals surface area (Å²) in [7, 11) is 3.73. The Labute approximate surface area is 159 Å². The second kappa shape index (κ2) is 8.33. The number of carbonyl (C=O) groups excluding carboxylic acids is 2. The molecule has 0 aliphatic carbocycles. The third-order valence-electron chi connectivity index (χ3n) is 4.17. The topological polar surface area (TPSA) is 161 Å². The van der Waals surface area contributed by atoms with Crippen LogP contribution in [-0.4, -0.2) is 48.4 Å². The summed E-state index contributed by atoms with van der Waals surface area (Å²) in [4.78, 5) is 38.3. The number of benzene rings is 1. The molecule has 1 amide bonds. The molecule has 0 aliphatic rings. The summed E-state index contributed by atoms with van der Waals surface area (Å²) in [5, 5.41) is 20.6. The van der Waals surface area contributed by atoms with E-state index < -0.39 is 29.1 Å². The Bertz CT molecular complexity index is 942. The van der Waals surface area contributed by atoms with Crippen molar-refractivity contribution in [3.05, 3.63) is 45.4 Å². The van der Waals surface area contributed by atoms with Crippen LogP contribution in [0.4, 0.5) is 0 Å². The highest BCUT2D eigenvalue weighted by molar-refractivity contribution is 5.92. The Morgan fingerprint density at radius 1 is 1.11 bits per heavy atom. The van der Waals surface area contributed by atoms with Crippen molar-refractivity contribution >= 4 is 11.9 Å². The number of methoxy groups -OCH3 is 3. The summed E-state index contributed by atoms with van der Waals surface area (Å²) in [6, 6.07) is 2.74. The van der Waals surface area contributed by atoms with Crippen molar-refractivity contribution in [2.24, 2.45) is 5.73 Å². The highest BCUT2D eigenvalue weighted by Crippen LogP contribution is 2.42. The van der Waals surface area contributed by atoms with Crippen LogP contribution in [0.1, 0.15) is 33.8 Å². The standard InChI is InChI=1S/C18H20N2O8/c1-26-11-4-8(5-12(27-2)16(11)23)9(6-13(19)21)14-15(22)10(18(25)28-3)7-20-17(14)24/h4-5,7,9,23H,6H2,1-3H3,(H2,19,21)(H2,20,22,24). The van der Waals surface area contributed by atoms with Gasteiger partial charge in [-0.2, -0.15) is 0 Å². The normalized spacial score (nSPS) is 11.5. The number of nitrogens with one attached hydrogen (secondary N) is 1. The smallest absolute Gasteiger partial charge is 0.343 e. The average Bonchev–Trinajstić information content (AvgIpc) is 2.66. The van der Waals surface area contributed by atoms with Gasteiger partial charge in [-0.15, -0.1) is 0 Å². The quantitative estimate of drug-likeness (QED) is 0.498. The van der Waals surface area contributed by atoms with Crippen molar-refractivity contribution in [1.29, 1.82) is 0 Å². The minimum atomic E-state index is -1.06. The van der Waals surface area contributed by atoms with Crippen LogP contribution in [-0.2, 0) is 9.53 Å². The van der Waals surface area contributed by atoms with Gasteiger partial charge in [0.25, 0.3) is 5.56 Å². The molecule has 1 atom stereocenters. The second-order valence-electron chi connectivity index (χ2n) is 5.78. The van der Waals surface area contributed by atoms with Gasteiger partial charge < -0.3 is 35.1 Å². The van der Waals surface area contributed by atoms with Gasteiger partial charge in [-0.3, -0.25) is 9.59 Å². The monoisotopic (exact) mass is 392 g/mol. The molecule has 0 bridgehead atoms. The average molecular weight is 392 g/mol. The van der Waals surface area contributed by atoms with Gasteiger partial charge in [0.15, 0.2) is 11.5 Å². The molecule has 1 aromatic carbocycles. The fraction of sp³-hybridized carbons (Fsp3) is 0.278. The first-order valence-electron chi connectivity index (χ1n) is 8.01. The zero-order valence-electron chi connectivity index (χ0n) is 15.4. The Morgan fingerprint density at radius 3 is 2.14 bits per heavy atom. The fourth-order valence-electron chi connectivity index (χ4n) is 2.83. The van der Waals surface area contributed by atoms with Crippen LogP contribution in [0.15, 0.2) is 23.1 Å². The molecule has 28 heavy (non-hydrogen) atoms. The molecule has 10 nitrogen and oxygen atoms in total. The minimum Gasteiger partial charge on any atom is -0.506 e. The molecule has 150 valence electrons. The van der Waals surface area contributed by atoms with Crippen LogP contribution >= 0.6 is 0 Å². The van der Waals surface area contributed by atoms with Crippen molar-refractivity contribution in [3.63, 3.8) is 0 Å². The van der Waals surface area contributed by atoms with E-state index in [1.165, 1.54) is 26.4 Å².